The zero-order valence-electron chi connectivity index (χ0n) is 2.67. The zero-order valence-corrected chi connectivity index (χ0v) is 8.81. The van der Waals surface area contributed by atoms with Crippen LogP contribution in [0, 0.1) is 0 Å². The Morgan fingerprint density at radius 3 is 2.50 bits per heavy atom. The van der Waals surface area contributed by atoms with Crippen LogP contribution in [0.4, 0.5) is 4.79 Å². The van der Waals surface area contributed by atoms with E-state index >= 15 is 0 Å². The Bertz CT molecular complexity index is 57.5. The second-order valence-corrected chi connectivity index (χ2v) is 19.1. The molecule has 0 bridgehead atoms. The Morgan fingerprint density at radius 1 is 2.00 bits per heavy atom. The van der Waals surface area contributed by atoms with E-state index in [1.165, 1.54) is 0 Å². The predicted molar refractivity (Wildman–Crippen MR) is 26.7 cm³/mol. The summed E-state index contributed by atoms with van der Waals surface area (Å²) < 4.78 is -0.555. The molecule has 0 aromatic rings. The fourth-order valence-corrected chi connectivity index (χ4v) is 6.46. The molecule has 0 aromatic carbocycles. The summed E-state index contributed by atoms with van der Waals surface area (Å²) >= 11 is 1.34. The molecule has 0 aromatic heterocycles. The van der Waals surface area contributed by atoms with E-state index < -0.39 is 18.6 Å². The van der Waals surface area contributed by atoms with Gasteiger partial charge in [-0.25, -0.2) is 0 Å². The van der Waals surface area contributed by atoms with Crippen LogP contribution in [0.5, 0.6) is 0 Å². The predicted octanol–water partition coefficient (Wildman–Crippen LogP) is -1.20. The van der Waals surface area contributed by atoms with Crippen LogP contribution in [0.1, 0.15) is 0 Å². The molecule has 6 heavy (non-hydrogen) atoms. The molecule has 0 aliphatic rings. The molecule has 0 spiro atoms. The molecule has 0 aliphatic carbocycles. The first kappa shape index (κ1) is 7.34. The van der Waals surface area contributed by atoms with Gasteiger partial charge in [-0.1, -0.05) is 0 Å². The molecule has 0 saturated carbocycles. The van der Waals surface area contributed by atoms with Gasteiger partial charge in [-0.05, 0) is 0 Å². The molecule has 1 N–H and O–H groups in total. The maximum absolute atomic E-state index is 9.67. The van der Waals surface area contributed by atoms with E-state index in [0.717, 1.165) is 0 Å². The number of carboxylic acid groups (broad SMARTS) is 1. The fraction of sp³-hybridized carbons (Fsp3) is 0. The van der Waals surface area contributed by atoms with Gasteiger partial charge in [0.05, 0.1) is 0 Å². The van der Waals surface area contributed by atoms with Gasteiger partial charge in [0.25, 0.3) is 0 Å². The Labute approximate surface area is 57.9 Å². The van der Waals surface area contributed by atoms with Crippen molar-refractivity contribution in [3.05, 3.63) is 0 Å². The summed E-state index contributed by atoms with van der Waals surface area (Å²) in [6, 6.07) is 0. The monoisotopic (exact) mass is 331 g/mol. The average Bonchev–Trinajstić information content (AvgIpc) is 1.35. The molecular weight excluding hydrogens is 325 g/mol. The van der Waals surface area contributed by atoms with Gasteiger partial charge in [-0.15, -0.1) is 0 Å². The van der Waals surface area contributed by atoms with Crippen LogP contribution in [0.3, 0.4) is 0 Å². The van der Waals surface area contributed by atoms with Gasteiger partial charge in [0.1, 0.15) is 0 Å². The van der Waals surface area contributed by atoms with Gasteiger partial charge in [0.15, 0.2) is 0 Å². The summed E-state index contributed by atoms with van der Waals surface area (Å²) in [6.07, 6.45) is 0. The Morgan fingerprint density at radius 2 is 2.50 bits per heavy atom. The first-order chi connectivity index (χ1) is 2.77. The molecule has 0 rings (SSSR count). The van der Waals surface area contributed by atoms with Gasteiger partial charge < -0.3 is 0 Å². The van der Waals surface area contributed by atoms with Crippen molar-refractivity contribution in [1.29, 1.82) is 0 Å². The molecule has 0 aliphatic heterocycles. The zero-order chi connectivity index (χ0) is 4.99. The van der Waals surface area contributed by atoms with Crippen molar-refractivity contribution in [2.24, 2.45) is 0 Å². The van der Waals surface area contributed by atoms with E-state index in [4.69, 9.17) is 5.11 Å². The fourth-order valence-electron chi connectivity index (χ4n) is 0.0356. The van der Waals surface area contributed by atoms with Gasteiger partial charge >= 0.3 is 58.4 Å². The Kier molecular flexibility index (Phi) is 5.50. The minimum atomic E-state index is -0.558. The minimum absolute atomic E-state index is 0.432. The van der Waals surface area contributed by atoms with Crippen molar-refractivity contribution >= 4 is 48.5 Å². The molecule has 1 radical (unpaired) electrons. The molecule has 1 atom stereocenters. The van der Waals surface area contributed by atoms with Gasteiger partial charge in [-0.3, -0.25) is 0 Å². The van der Waals surface area contributed by atoms with Crippen LogP contribution in [-0.2, 0) is 0 Å². The van der Waals surface area contributed by atoms with Gasteiger partial charge in [-0.2, -0.15) is 0 Å². The van der Waals surface area contributed by atoms with E-state index in [0.29, 0.717) is 9.77 Å². The van der Waals surface area contributed by atoms with Crippen molar-refractivity contribution in [3.63, 3.8) is 0 Å². The Hall–Kier alpha value is 1.34. The topological polar surface area (TPSA) is 37.3 Å². The number of carbonyl (C=O) groups is 1. The third-order valence-electron chi connectivity index (χ3n) is 0.129. The van der Waals surface area contributed by atoms with Gasteiger partial charge in [0.2, 0.25) is 0 Å². The molecule has 5 heteroatoms. The van der Waals surface area contributed by atoms with E-state index in [2.05, 4.69) is 0 Å². The number of hydrogen-bond donors (Lipinski definition) is 1. The van der Waals surface area contributed by atoms with Gasteiger partial charge in [0, 0.05) is 0 Å². The number of rotatable bonds is 2. The SMILES string of the molecule is O=C(O)[AsH][Se][Te]. The molecule has 0 amide bonds. The molecule has 0 fully saturated rings. The van der Waals surface area contributed by atoms with Crippen LogP contribution < -0.4 is 0 Å². The maximum atomic E-state index is 9.67. The normalized spacial score (nSPS) is 10.2. The second-order valence-electron chi connectivity index (χ2n) is 0.491. The average molecular weight is 328 g/mol. The van der Waals surface area contributed by atoms with Crippen molar-refractivity contribution in [3.8, 4) is 0 Å². The summed E-state index contributed by atoms with van der Waals surface area (Å²) in [7, 11) is 0.432. The van der Waals surface area contributed by atoms with Crippen molar-refractivity contribution in [2.45, 2.75) is 0 Å². The van der Waals surface area contributed by atoms with E-state index in [1.54, 1.807) is 0 Å². The van der Waals surface area contributed by atoms with Crippen molar-refractivity contribution in [2.75, 3.05) is 0 Å². The summed E-state index contributed by atoms with van der Waals surface area (Å²) in [5, 5.41) is 7.99. The van der Waals surface area contributed by atoms with E-state index in [1.807, 2.05) is 20.1 Å². The first-order valence-electron chi connectivity index (χ1n) is 1.05. The van der Waals surface area contributed by atoms with Crippen molar-refractivity contribution in [1.82, 2.24) is 0 Å². The van der Waals surface area contributed by atoms with Crippen molar-refractivity contribution < 1.29 is 9.90 Å². The van der Waals surface area contributed by atoms with Crippen LogP contribution in [0.2, 0.25) is 0 Å². The molecule has 1 unspecified atom stereocenters. The molecule has 0 saturated heterocycles. The molecule has 0 heterocycles. The third kappa shape index (κ3) is 5.34. The standard InChI is InChI=1S/CH2AsO2SeTe/c3-1(4)2-5-6/h2H,(H,3,4). The molecule has 2 nitrogen and oxygen atoms in total. The van der Waals surface area contributed by atoms with Crippen LogP contribution in [0.15, 0.2) is 0 Å². The third-order valence-corrected chi connectivity index (χ3v) is 9.90. The summed E-state index contributed by atoms with van der Waals surface area (Å²) in [5.41, 5.74) is 0. The summed E-state index contributed by atoms with van der Waals surface area (Å²) in [4.78, 5) is 9.67. The molecule has 35 valence electrons. The number of hydrogen-bond acceptors (Lipinski definition) is 1. The van der Waals surface area contributed by atoms with Crippen LogP contribution in [0.25, 0.3) is 0 Å². The van der Waals surface area contributed by atoms with E-state index in [9.17, 15) is 4.79 Å². The first-order valence-corrected chi connectivity index (χ1v) is 13.0. The summed E-state index contributed by atoms with van der Waals surface area (Å²) in [6.45, 7) is 0. The second kappa shape index (κ2) is 4.50. The quantitative estimate of drug-likeness (QED) is 0.647. The Balaban J connectivity index is 2.83. The molecular formula is CH2AsO2SeTe. The van der Waals surface area contributed by atoms with E-state index in [-0.39, 0.29) is 0 Å². The van der Waals surface area contributed by atoms with Crippen LogP contribution >= 0.6 is 0 Å². The van der Waals surface area contributed by atoms with Crippen LogP contribution in [-0.4, -0.2) is 53.6 Å². The summed E-state index contributed by atoms with van der Waals surface area (Å²) in [5.74, 6) is 0.